The van der Waals surface area contributed by atoms with Crippen molar-refractivity contribution in [2.24, 2.45) is 5.92 Å². The van der Waals surface area contributed by atoms with Crippen molar-refractivity contribution in [1.82, 2.24) is 5.32 Å². The first-order valence-electron chi connectivity index (χ1n) is 8.45. The lowest BCUT2D eigenvalue weighted by molar-refractivity contribution is -0.153. The van der Waals surface area contributed by atoms with Gasteiger partial charge in [-0.3, -0.25) is 14.4 Å². The molecular weight excluding hydrogens is 326 g/mol. The van der Waals surface area contributed by atoms with Crippen molar-refractivity contribution in [1.29, 1.82) is 0 Å². The second-order valence-electron chi connectivity index (χ2n) is 6.61. The fourth-order valence-corrected chi connectivity index (χ4v) is 4.29. The zero-order chi connectivity index (χ0) is 17.6. The van der Waals surface area contributed by atoms with E-state index in [9.17, 15) is 14.4 Å². The summed E-state index contributed by atoms with van der Waals surface area (Å²) in [6.45, 7) is 2.01. The second-order valence-corrected chi connectivity index (χ2v) is 6.61. The van der Waals surface area contributed by atoms with E-state index in [1.54, 1.807) is 19.1 Å². The highest BCUT2D eigenvalue weighted by Gasteiger charge is 2.62. The van der Waals surface area contributed by atoms with Gasteiger partial charge in [0.25, 0.3) is 0 Å². The molecule has 0 radical (unpaired) electrons. The highest BCUT2D eigenvalue weighted by atomic mass is 16.7. The molecule has 0 aromatic heterocycles. The van der Waals surface area contributed by atoms with Gasteiger partial charge >= 0.3 is 5.97 Å². The molecule has 7 heteroatoms. The maximum Gasteiger partial charge on any atom is 0.319 e. The van der Waals surface area contributed by atoms with E-state index in [-0.39, 0.29) is 37.6 Å². The summed E-state index contributed by atoms with van der Waals surface area (Å²) in [5, 5.41) is 2.91. The number of amides is 1. The lowest BCUT2D eigenvalue weighted by Gasteiger charge is -2.40. The fourth-order valence-electron chi connectivity index (χ4n) is 4.29. The maximum atomic E-state index is 12.6. The van der Waals surface area contributed by atoms with E-state index in [4.69, 9.17) is 14.2 Å². The van der Waals surface area contributed by atoms with Crippen LogP contribution >= 0.6 is 0 Å². The van der Waals surface area contributed by atoms with Crippen LogP contribution in [-0.4, -0.2) is 37.1 Å². The highest BCUT2D eigenvalue weighted by Crippen LogP contribution is 2.50. The van der Waals surface area contributed by atoms with Gasteiger partial charge < -0.3 is 19.5 Å². The summed E-state index contributed by atoms with van der Waals surface area (Å²) < 4.78 is 15.9. The Kier molecular flexibility index (Phi) is 3.67. The summed E-state index contributed by atoms with van der Waals surface area (Å²) in [4.78, 5) is 37.5. The maximum absolute atomic E-state index is 12.6. The van der Waals surface area contributed by atoms with Gasteiger partial charge in [0.2, 0.25) is 12.7 Å². The topological polar surface area (TPSA) is 90.9 Å². The molecule has 1 saturated carbocycles. The lowest BCUT2D eigenvalue weighted by atomic mass is 9.61. The van der Waals surface area contributed by atoms with Crippen molar-refractivity contribution in [3.8, 4) is 11.5 Å². The molecule has 1 aromatic carbocycles. The number of hydrogen-bond donors (Lipinski definition) is 1. The van der Waals surface area contributed by atoms with E-state index >= 15 is 0 Å². The molecule has 132 valence electrons. The van der Waals surface area contributed by atoms with E-state index in [2.05, 4.69) is 5.32 Å². The number of rotatable bonds is 3. The van der Waals surface area contributed by atoms with Crippen molar-refractivity contribution in [2.45, 2.75) is 37.6 Å². The molecule has 1 aliphatic carbocycles. The summed E-state index contributed by atoms with van der Waals surface area (Å²) in [6.07, 6.45) is 1.03. The van der Waals surface area contributed by atoms with Gasteiger partial charge in [-0.05, 0) is 31.0 Å². The number of fused-ring (bicyclic) bond motifs is 2. The number of ether oxygens (including phenoxy) is 3. The third kappa shape index (κ3) is 2.29. The Hall–Kier alpha value is -2.57. The fraction of sp³-hybridized carbons (Fsp3) is 0.500. The van der Waals surface area contributed by atoms with Gasteiger partial charge in [0, 0.05) is 24.3 Å². The molecule has 25 heavy (non-hydrogen) atoms. The Bertz CT molecular complexity index is 760. The SMILES string of the molecule is CCOC(=O)[C@@H]1C(=O)N[C@@H]2CCC(=O)C[C@]12c1ccc2c(c1)OCO2. The van der Waals surface area contributed by atoms with E-state index in [1.165, 1.54) is 0 Å². The summed E-state index contributed by atoms with van der Waals surface area (Å²) in [7, 11) is 0. The van der Waals surface area contributed by atoms with Crippen molar-refractivity contribution in [3.63, 3.8) is 0 Å². The minimum absolute atomic E-state index is 0.0414. The van der Waals surface area contributed by atoms with Gasteiger partial charge in [-0.25, -0.2) is 0 Å². The Morgan fingerprint density at radius 2 is 2.12 bits per heavy atom. The zero-order valence-corrected chi connectivity index (χ0v) is 13.9. The van der Waals surface area contributed by atoms with Crippen molar-refractivity contribution in [2.75, 3.05) is 13.4 Å². The molecule has 3 atom stereocenters. The number of Topliss-reactive ketones (excluding diaryl/α,β-unsaturated/α-hetero) is 1. The van der Waals surface area contributed by atoms with Gasteiger partial charge in [-0.1, -0.05) is 6.07 Å². The summed E-state index contributed by atoms with van der Waals surface area (Å²) >= 11 is 0. The largest absolute Gasteiger partial charge is 0.465 e. The Morgan fingerprint density at radius 3 is 2.92 bits per heavy atom. The number of ketones is 1. The summed E-state index contributed by atoms with van der Waals surface area (Å²) in [6, 6.07) is 5.06. The number of carbonyl (C=O) groups is 3. The van der Waals surface area contributed by atoms with E-state index < -0.39 is 17.3 Å². The Labute approximate surface area is 144 Å². The number of carbonyl (C=O) groups excluding carboxylic acids is 3. The van der Waals surface area contributed by atoms with Crippen LogP contribution in [0.15, 0.2) is 18.2 Å². The van der Waals surface area contributed by atoms with Crippen LogP contribution in [0.3, 0.4) is 0 Å². The van der Waals surface area contributed by atoms with Crippen LogP contribution in [0.4, 0.5) is 0 Å². The van der Waals surface area contributed by atoms with Crippen LogP contribution in [0.5, 0.6) is 11.5 Å². The molecule has 1 amide bonds. The zero-order valence-electron chi connectivity index (χ0n) is 13.9. The molecule has 0 unspecified atom stereocenters. The van der Waals surface area contributed by atoms with Crippen LogP contribution in [0.2, 0.25) is 0 Å². The monoisotopic (exact) mass is 345 g/mol. The average Bonchev–Trinajstić information content (AvgIpc) is 3.15. The van der Waals surface area contributed by atoms with Gasteiger partial charge in [-0.2, -0.15) is 0 Å². The molecule has 0 spiro atoms. The van der Waals surface area contributed by atoms with Crippen LogP contribution in [0, 0.1) is 5.92 Å². The number of esters is 1. The third-order valence-corrected chi connectivity index (χ3v) is 5.35. The Balaban J connectivity index is 1.85. The predicted molar refractivity (Wildman–Crippen MR) is 85.2 cm³/mol. The first-order valence-corrected chi connectivity index (χ1v) is 8.45. The van der Waals surface area contributed by atoms with E-state index in [0.29, 0.717) is 24.3 Å². The van der Waals surface area contributed by atoms with E-state index in [0.717, 1.165) is 5.56 Å². The molecule has 3 aliphatic rings. The van der Waals surface area contributed by atoms with Gasteiger partial charge in [0.15, 0.2) is 11.5 Å². The van der Waals surface area contributed by atoms with Gasteiger partial charge in [0.05, 0.1) is 6.61 Å². The van der Waals surface area contributed by atoms with Crippen LogP contribution < -0.4 is 14.8 Å². The number of hydrogen-bond acceptors (Lipinski definition) is 6. The normalized spacial score (nSPS) is 30.0. The minimum atomic E-state index is -1.04. The van der Waals surface area contributed by atoms with Crippen molar-refractivity contribution >= 4 is 17.7 Å². The molecule has 2 aliphatic heterocycles. The van der Waals surface area contributed by atoms with Gasteiger partial charge in [-0.15, -0.1) is 0 Å². The first kappa shape index (κ1) is 15.9. The summed E-state index contributed by atoms with van der Waals surface area (Å²) in [5.41, 5.74) is -0.217. The van der Waals surface area contributed by atoms with Gasteiger partial charge in [0.1, 0.15) is 11.7 Å². The summed E-state index contributed by atoms with van der Waals surface area (Å²) in [5.74, 6) is -0.790. The van der Waals surface area contributed by atoms with Crippen molar-refractivity contribution in [3.05, 3.63) is 23.8 Å². The smallest absolute Gasteiger partial charge is 0.319 e. The van der Waals surface area contributed by atoms with Crippen LogP contribution in [0.25, 0.3) is 0 Å². The van der Waals surface area contributed by atoms with Crippen molar-refractivity contribution < 1.29 is 28.6 Å². The molecule has 4 rings (SSSR count). The molecule has 0 bridgehead atoms. The standard InChI is InChI=1S/C18H19NO6/c1-2-23-17(22)15-16(21)19-14-6-4-11(20)8-18(14,15)10-3-5-12-13(7-10)25-9-24-12/h3,5,7,14-15H,2,4,6,8-9H2,1H3,(H,19,21)/t14-,15+,18-/m1/s1. The van der Waals surface area contributed by atoms with Crippen LogP contribution in [0.1, 0.15) is 31.7 Å². The average molecular weight is 345 g/mol. The number of nitrogens with one attached hydrogen (secondary N) is 1. The third-order valence-electron chi connectivity index (χ3n) is 5.35. The van der Waals surface area contributed by atoms with E-state index in [1.807, 2.05) is 6.07 Å². The minimum Gasteiger partial charge on any atom is -0.465 e. The molecule has 2 fully saturated rings. The molecule has 1 saturated heterocycles. The number of benzene rings is 1. The molecule has 1 aromatic rings. The second kappa shape index (κ2) is 5.75. The quantitative estimate of drug-likeness (QED) is 0.651. The lowest BCUT2D eigenvalue weighted by Crippen LogP contribution is -2.50. The molecule has 2 heterocycles. The van der Waals surface area contributed by atoms with Crippen LogP contribution in [-0.2, 0) is 24.5 Å². The Morgan fingerprint density at radius 1 is 1.32 bits per heavy atom. The molecular formula is C18H19NO6. The highest BCUT2D eigenvalue weighted by molar-refractivity contribution is 6.03. The predicted octanol–water partition coefficient (Wildman–Crippen LogP) is 1.08. The molecule has 7 nitrogen and oxygen atoms in total. The molecule has 1 N–H and O–H groups in total. The first-order chi connectivity index (χ1) is 12.1.